The molecule has 1 N–H and O–H groups in total. The highest BCUT2D eigenvalue weighted by molar-refractivity contribution is 6.42. The number of carbonyl (C=O) groups excluding carboxylic acids is 2. The summed E-state index contributed by atoms with van der Waals surface area (Å²) in [5.41, 5.74) is 1.55. The largest absolute Gasteiger partial charge is 0.391 e. The van der Waals surface area contributed by atoms with Crippen LogP contribution in [0.2, 0.25) is 0 Å². The molecule has 1 amide bonds. The molecule has 21 heavy (non-hydrogen) atoms. The second kappa shape index (κ2) is 5.98. The van der Waals surface area contributed by atoms with Gasteiger partial charge in [0, 0.05) is 18.7 Å². The lowest BCUT2D eigenvalue weighted by Crippen LogP contribution is -2.45. The molecule has 0 radical (unpaired) electrons. The van der Waals surface area contributed by atoms with E-state index in [0.717, 1.165) is 12.0 Å². The zero-order valence-electron chi connectivity index (χ0n) is 12.9. The van der Waals surface area contributed by atoms with E-state index in [1.807, 2.05) is 12.1 Å². The third-order valence-electron chi connectivity index (χ3n) is 3.89. The number of amides is 1. The van der Waals surface area contributed by atoms with Crippen molar-refractivity contribution in [2.75, 3.05) is 13.1 Å². The van der Waals surface area contributed by atoms with E-state index in [0.29, 0.717) is 18.5 Å². The lowest BCUT2D eigenvalue weighted by atomic mass is 9.86. The standard InChI is InChI=1S/C17H23NO3/c1-17(2,3)13-8-6-12(7-9-13)15(20)16(21)18-10-4-5-14(19)11-18/h6-9,14,19H,4-5,10-11H2,1-3H3. The van der Waals surface area contributed by atoms with Gasteiger partial charge >= 0.3 is 0 Å². The molecule has 1 aliphatic heterocycles. The summed E-state index contributed by atoms with van der Waals surface area (Å²) in [6, 6.07) is 7.21. The van der Waals surface area contributed by atoms with Gasteiger partial charge in [-0.2, -0.15) is 0 Å². The average Bonchev–Trinajstić information content (AvgIpc) is 2.45. The summed E-state index contributed by atoms with van der Waals surface area (Å²) < 4.78 is 0. The van der Waals surface area contributed by atoms with Crippen molar-refractivity contribution in [3.63, 3.8) is 0 Å². The van der Waals surface area contributed by atoms with Crippen LogP contribution in [-0.2, 0) is 10.2 Å². The Labute approximate surface area is 125 Å². The van der Waals surface area contributed by atoms with E-state index in [2.05, 4.69) is 20.8 Å². The SMILES string of the molecule is CC(C)(C)c1ccc(C(=O)C(=O)N2CCCC(O)C2)cc1. The first kappa shape index (κ1) is 15.7. The number of β-amino-alcohol motifs (C(OH)–C–C–N with tert-alkyl or cyclic N) is 1. The molecule has 1 aromatic carbocycles. The number of aliphatic hydroxyl groups is 1. The molecular weight excluding hydrogens is 266 g/mol. The highest BCUT2D eigenvalue weighted by Gasteiger charge is 2.27. The van der Waals surface area contributed by atoms with Crippen LogP contribution in [0.1, 0.15) is 49.5 Å². The summed E-state index contributed by atoms with van der Waals surface area (Å²) in [5, 5.41) is 9.60. The quantitative estimate of drug-likeness (QED) is 0.670. The van der Waals surface area contributed by atoms with E-state index in [1.54, 1.807) is 12.1 Å². The van der Waals surface area contributed by atoms with Crippen molar-refractivity contribution in [2.24, 2.45) is 0 Å². The van der Waals surface area contributed by atoms with Gasteiger partial charge in [0.2, 0.25) is 5.78 Å². The Kier molecular flexibility index (Phi) is 4.47. The molecule has 0 aromatic heterocycles. The van der Waals surface area contributed by atoms with Gasteiger partial charge in [0.15, 0.2) is 0 Å². The van der Waals surface area contributed by atoms with Crippen LogP contribution < -0.4 is 0 Å². The molecule has 0 aliphatic carbocycles. The minimum atomic E-state index is -0.516. The van der Waals surface area contributed by atoms with E-state index in [-0.39, 0.29) is 12.0 Å². The normalized spacial score (nSPS) is 19.4. The first-order chi connectivity index (χ1) is 9.79. The first-order valence-corrected chi connectivity index (χ1v) is 7.41. The predicted octanol–water partition coefficient (Wildman–Crippen LogP) is 2.15. The first-order valence-electron chi connectivity index (χ1n) is 7.41. The molecule has 4 nitrogen and oxygen atoms in total. The predicted molar refractivity (Wildman–Crippen MR) is 81.3 cm³/mol. The summed E-state index contributed by atoms with van der Waals surface area (Å²) in [5.74, 6) is -1.01. The number of nitrogens with zero attached hydrogens (tertiary/aromatic N) is 1. The summed E-state index contributed by atoms with van der Waals surface area (Å²) in [6.45, 7) is 7.10. The van der Waals surface area contributed by atoms with Crippen molar-refractivity contribution in [1.82, 2.24) is 4.90 Å². The van der Waals surface area contributed by atoms with Crippen LogP contribution in [0.5, 0.6) is 0 Å². The fraction of sp³-hybridized carbons (Fsp3) is 0.529. The molecule has 1 unspecified atom stereocenters. The number of carbonyl (C=O) groups is 2. The number of Topliss-reactive ketones (excluding diaryl/α,β-unsaturated/α-hetero) is 1. The van der Waals surface area contributed by atoms with Gasteiger partial charge in [-0.25, -0.2) is 0 Å². The van der Waals surface area contributed by atoms with Crippen molar-refractivity contribution in [3.05, 3.63) is 35.4 Å². The maximum Gasteiger partial charge on any atom is 0.295 e. The lowest BCUT2D eigenvalue weighted by Gasteiger charge is -2.29. The molecule has 0 saturated carbocycles. The van der Waals surface area contributed by atoms with Crippen molar-refractivity contribution >= 4 is 11.7 Å². The molecule has 0 spiro atoms. The van der Waals surface area contributed by atoms with E-state index < -0.39 is 17.8 Å². The third kappa shape index (κ3) is 3.70. The Hall–Kier alpha value is -1.68. The van der Waals surface area contributed by atoms with Gasteiger partial charge in [0.1, 0.15) is 0 Å². The maximum absolute atomic E-state index is 12.2. The second-order valence-electron chi connectivity index (χ2n) is 6.70. The van der Waals surface area contributed by atoms with Crippen LogP contribution in [0.25, 0.3) is 0 Å². The fourth-order valence-corrected chi connectivity index (χ4v) is 2.53. The summed E-state index contributed by atoms with van der Waals surface area (Å²) in [6.07, 6.45) is 0.917. The number of likely N-dealkylation sites (tertiary alicyclic amines) is 1. The van der Waals surface area contributed by atoms with E-state index in [4.69, 9.17) is 0 Å². The van der Waals surface area contributed by atoms with Crippen molar-refractivity contribution < 1.29 is 14.7 Å². The molecule has 1 heterocycles. The van der Waals surface area contributed by atoms with E-state index in [9.17, 15) is 14.7 Å². The summed E-state index contributed by atoms with van der Waals surface area (Å²) >= 11 is 0. The van der Waals surface area contributed by atoms with Crippen molar-refractivity contribution in [2.45, 2.75) is 45.1 Å². The van der Waals surface area contributed by atoms with Gasteiger partial charge in [0.25, 0.3) is 5.91 Å². The van der Waals surface area contributed by atoms with E-state index in [1.165, 1.54) is 4.90 Å². The summed E-state index contributed by atoms with van der Waals surface area (Å²) in [7, 11) is 0. The Morgan fingerprint density at radius 1 is 1.19 bits per heavy atom. The Morgan fingerprint density at radius 2 is 1.81 bits per heavy atom. The number of aliphatic hydroxyl groups excluding tert-OH is 1. The van der Waals surface area contributed by atoms with Crippen molar-refractivity contribution in [1.29, 1.82) is 0 Å². The lowest BCUT2D eigenvalue weighted by molar-refractivity contribution is -0.129. The van der Waals surface area contributed by atoms with Gasteiger partial charge in [0.05, 0.1) is 6.10 Å². The number of hydrogen-bond donors (Lipinski definition) is 1. The minimum absolute atomic E-state index is 0.0164. The fourth-order valence-electron chi connectivity index (χ4n) is 2.53. The molecule has 1 atom stereocenters. The van der Waals surface area contributed by atoms with Crippen LogP contribution >= 0.6 is 0 Å². The zero-order valence-corrected chi connectivity index (χ0v) is 12.9. The van der Waals surface area contributed by atoms with Crippen LogP contribution in [-0.4, -0.2) is 40.9 Å². The zero-order chi connectivity index (χ0) is 15.6. The van der Waals surface area contributed by atoms with Gasteiger partial charge < -0.3 is 10.0 Å². The van der Waals surface area contributed by atoms with Gasteiger partial charge in [-0.05, 0) is 23.8 Å². The van der Waals surface area contributed by atoms with Crippen LogP contribution in [0.4, 0.5) is 0 Å². The highest BCUT2D eigenvalue weighted by Crippen LogP contribution is 2.22. The topological polar surface area (TPSA) is 57.6 Å². The van der Waals surface area contributed by atoms with Crippen LogP contribution in [0.3, 0.4) is 0 Å². The van der Waals surface area contributed by atoms with E-state index >= 15 is 0 Å². The molecule has 2 rings (SSSR count). The van der Waals surface area contributed by atoms with Gasteiger partial charge in [-0.1, -0.05) is 45.0 Å². The Morgan fingerprint density at radius 3 is 2.33 bits per heavy atom. The van der Waals surface area contributed by atoms with Gasteiger partial charge in [-0.3, -0.25) is 9.59 Å². The molecule has 114 valence electrons. The van der Waals surface area contributed by atoms with Gasteiger partial charge in [-0.15, -0.1) is 0 Å². The average molecular weight is 289 g/mol. The van der Waals surface area contributed by atoms with Crippen LogP contribution in [0, 0.1) is 0 Å². The van der Waals surface area contributed by atoms with Crippen LogP contribution in [0.15, 0.2) is 24.3 Å². The smallest absolute Gasteiger partial charge is 0.295 e. The Balaban J connectivity index is 2.10. The molecule has 1 saturated heterocycles. The highest BCUT2D eigenvalue weighted by atomic mass is 16.3. The molecule has 0 bridgehead atoms. The molecule has 1 aromatic rings. The number of benzene rings is 1. The number of ketones is 1. The number of hydrogen-bond acceptors (Lipinski definition) is 3. The second-order valence-corrected chi connectivity index (χ2v) is 6.70. The maximum atomic E-state index is 12.2. The molecular formula is C17H23NO3. The molecule has 1 fully saturated rings. The monoisotopic (exact) mass is 289 g/mol. The Bertz CT molecular complexity index is 528. The number of piperidine rings is 1. The summed E-state index contributed by atoms with van der Waals surface area (Å²) in [4.78, 5) is 25.9. The molecule has 4 heteroatoms. The van der Waals surface area contributed by atoms with Crippen molar-refractivity contribution in [3.8, 4) is 0 Å². The third-order valence-corrected chi connectivity index (χ3v) is 3.89. The minimum Gasteiger partial charge on any atom is -0.391 e. The molecule has 1 aliphatic rings. The number of rotatable bonds is 2.